The van der Waals surface area contributed by atoms with Crippen molar-refractivity contribution in [2.75, 3.05) is 0 Å². The molecule has 0 spiro atoms. The van der Waals surface area contributed by atoms with Crippen LogP contribution in [0.2, 0.25) is 0 Å². The summed E-state index contributed by atoms with van der Waals surface area (Å²) in [6, 6.07) is 6.83. The molecule has 0 N–H and O–H groups in total. The minimum absolute atomic E-state index is 0.357. The van der Waals surface area contributed by atoms with E-state index in [4.69, 9.17) is 0 Å². The Hall–Kier alpha value is -2.11. The highest BCUT2D eigenvalue weighted by atomic mass is 19.3. The Labute approximate surface area is 211 Å². The molecule has 4 rings (SSSR count). The first kappa shape index (κ1) is 26.9. The van der Waals surface area contributed by atoms with Gasteiger partial charge in [0.05, 0.1) is 5.56 Å². The van der Waals surface area contributed by atoms with Crippen LogP contribution in [-0.2, 0) is 6.11 Å². The topological polar surface area (TPSA) is 9.23 Å². The van der Waals surface area contributed by atoms with Crippen LogP contribution in [-0.4, -0.2) is 0 Å². The number of benzene rings is 2. The van der Waals surface area contributed by atoms with Gasteiger partial charge in [-0.3, -0.25) is 0 Å². The predicted octanol–water partition coefficient (Wildman–Crippen LogP) is 9.89. The van der Waals surface area contributed by atoms with Crippen LogP contribution in [0.15, 0.2) is 36.4 Å². The van der Waals surface area contributed by atoms with Crippen LogP contribution in [0, 0.1) is 35.2 Å². The quantitative estimate of drug-likeness (QED) is 0.186. The molecule has 2 fully saturated rings. The molecule has 2 saturated carbocycles. The SMILES string of the molecule is CCCCC[C@H]1CC[C@H]([C@H]2CC[C@H](c3ccc(C(F)(F)Oc4cc(F)c(F)c(F)c4)cc3)CC2)CC1. The maximum Gasteiger partial charge on any atom is 0.426 e. The summed E-state index contributed by atoms with van der Waals surface area (Å²) in [7, 11) is 0. The number of halogens is 5. The van der Waals surface area contributed by atoms with E-state index in [9.17, 15) is 22.0 Å². The van der Waals surface area contributed by atoms with E-state index >= 15 is 0 Å². The molecule has 6 heteroatoms. The number of rotatable bonds is 9. The summed E-state index contributed by atoms with van der Waals surface area (Å²) in [6.45, 7) is 2.26. The molecule has 0 amide bonds. The molecule has 0 atom stereocenters. The van der Waals surface area contributed by atoms with Gasteiger partial charge in [-0.2, -0.15) is 8.78 Å². The van der Waals surface area contributed by atoms with Gasteiger partial charge in [-0.1, -0.05) is 57.6 Å². The number of unbranched alkanes of at least 4 members (excludes halogenated alkanes) is 2. The second kappa shape index (κ2) is 12.0. The van der Waals surface area contributed by atoms with Crippen molar-refractivity contribution in [3.63, 3.8) is 0 Å². The minimum Gasteiger partial charge on any atom is -0.429 e. The number of ether oxygens (including phenoxy) is 1. The number of hydrogen-bond donors (Lipinski definition) is 0. The second-order valence-corrected chi connectivity index (χ2v) is 10.8. The Balaban J connectivity index is 1.28. The van der Waals surface area contributed by atoms with Crippen molar-refractivity contribution in [3.8, 4) is 5.75 Å². The molecule has 0 aromatic heterocycles. The predicted molar refractivity (Wildman–Crippen MR) is 132 cm³/mol. The standard InChI is InChI=1S/C30H37F5O/c1-2-3-4-5-20-6-8-21(9-7-20)22-10-12-23(13-11-22)24-14-16-25(17-15-24)30(34,35)36-26-18-27(31)29(33)28(32)19-26/h14-23H,2-13H2,1H3/t20-,21-,22-,23-. The first-order valence-electron chi connectivity index (χ1n) is 13.6. The molecule has 2 aromatic rings. The lowest BCUT2D eigenvalue weighted by Gasteiger charge is -2.38. The Morgan fingerprint density at radius 2 is 1.33 bits per heavy atom. The lowest BCUT2D eigenvalue weighted by atomic mass is 9.68. The van der Waals surface area contributed by atoms with Gasteiger partial charge in [-0.25, -0.2) is 13.2 Å². The Kier molecular flexibility index (Phi) is 8.95. The van der Waals surface area contributed by atoms with Crippen LogP contribution in [0.5, 0.6) is 5.75 Å². The summed E-state index contributed by atoms with van der Waals surface area (Å²) in [5.74, 6) is -2.74. The molecule has 2 aliphatic rings. The van der Waals surface area contributed by atoms with E-state index in [1.807, 2.05) is 0 Å². The molecule has 36 heavy (non-hydrogen) atoms. The monoisotopic (exact) mass is 508 g/mol. The van der Waals surface area contributed by atoms with Crippen molar-refractivity contribution in [1.29, 1.82) is 0 Å². The summed E-state index contributed by atoms with van der Waals surface area (Å²) in [5.41, 5.74) is 0.618. The van der Waals surface area contributed by atoms with Crippen molar-refractivity contribution < 1.29 is 26.7 Å². The smallest absolute Gasteiger partial charge is 0.426 e. The Bertz CT molecular complexity index is 950. The summed E-state index contributed by atoms with van der Waals surface area (Å²) in [5, 5.41) is 0. The van der Waals surface area contributed by atoms with Gasteiger partial charge in [-0.05, 0) is 79.9 Å². The van der Waals surface area contributed by atoms with Crippen LogP contribution in [0.4, 0.5) is 22.0 Å². The van der Waals surface area contributed by atoms with Crippen LogP contribution in [0.1, 0.15) is 101 Å². The van der Waals surface area contributed by atoms with Gasteiger partial charge < -0.3 is 4.74 Å². The Morgan fingerprint density at radius 1 is 0.778 bits per heavy atom. The lowest BCUT2D eigenvalue weighted by molar-refractivity contribution is -0.185. The zero-order valence-electron chi connectivity index (χ0n) is 21.1. The van der Waals surface area contributed by atoms with Gasteiger partial charge >= 0.3 is 6.11 Å². The van der Waals surface area contributed by atoms with Gasteiger partial charge in [0, 0.05) is 12.1 Å². The normalized spacial score (nSPS) is 25.1. The average Bonchev–Trinajstić information content (AvgIpc) is 2.88. The number of alkyl halides is 2. The van der Waals surface area contributed by atoms with Crippen molar-refractivity contribution >= 4 is 0 Å². The van der Waals surface area contributed by atoms with E-state index in [-0.39, 0.29) is 0 Å². The van der Waals surface area contributed by atoms with Gasteiger partial charge in [0.1, 0.15) is 5.75 Å². The largest absolute Gasteiger partial charge is 0.429 e. The maximum absolute atomic E-state index is 14.6. The fourth-order valence-corrected chi connectivity index (χ4v) is 6.30. The highest BCUT2D eigenvalue weighted by Crippen LogP contribution is 2.45. The second-order valence-electron chi connectivity index (χ2n) is 10.8. The minimum atomic E-state index is -3.80. The van der Waals surface area contributed by atoms with Gasteiger partial charge in [0.2, 0.25) is 0 Å². The van der Waals surface area contributed by atoms with E-state index in [2.05, 4.69) is 11.7 Å². The molecule has 0 saturated heterocycles. The molecule has 0 radical (unpaired) electrons. The molecular formula is C30H37F5O. The van der Waals surface area contributed by atoms with Gasteiger partial charge in [0.15, 0.2) is 17.5 Å². The fourth-order valence-electron chi connectivity index (χ4n) is 6.30. The molecule has 2 aliphatic carbocycles. The molecule has 0 aliphatic heterocycles. The third-order valence-electron chi connectivity index (χ3n) is 8.47. The molecular weight excluding hydrogens is 471 g/mol. The van der Waals surface area contributed by atoms with Crippen molar-refractivity contribution in [2.24, 2.45) is 17.8 Å². The van der Waals surface area contributed by atoms with Crippen LogP contribution in [0.3, 0.4) is 0 Å². The Morgan fingerprint density at radius 3 is 1.89 bits per heavy atom. The lowest BCUT2D eigenvalue weighted by Crippen LogP contribution is -2.25. The van der Waals surface area contributed by atoms with Gasteiger partial charge in [0.25, 0.3) is 0 Å². The third kappa shape index (κ3) is 6.60. The first-order chi connectivity index (χ1) is 17.3. The molecule has 0 unspecified atom stereocenters. The summed E-state index contributed by atoms with van der Waals surface area (Å²) in [6.07, 6.45) is 11.6. The summed E-state index contributed by atoms with van der Waals surface area (Å²) < 4.78 is 73.5. The third-order valence-corrected chi connectivity index (χ3v) is 8.47. The van der Waals surface area contributed by atoms with Crippen molar-refractivity contribution in [3.05, 3.63) is 65.0 Å². The van der Waals surface area contributed by atoms with E-state index < -0.39 is 34.9 Å². The summed E-state index contributed by atoms with van der Waals surface area (Å²) >= 11 is 0. The molecule has 2 aromatic carbocycles. The summed E-state index contributed by atoms with van der Waals surface area (Å²) in [4.78, 5) is 0. The highest BCUT2D eigenvalue weighted by molar-refractivity contribution is 5.30. The van der Waals surface area contributed by atoms with E-state index in [1.54, 1.807) is 12.1 Å². The highest BCUT2D eigenvalue weighted by Gasteiger charge is 2.36. The molecule has 0 heterocycles. The van der Waals surface area contributed by atoms with Crippen molar-refractivity contribution in [2.45, 2.75) is 96.0 Å². The average molecular weight is 509 g/mol. The maximum atomic E-state index is 14.6. The van der Waals surface area contributed by atoms with Gasteiger partial charge in [-0.15, -0.1) is 0 Å². The van der Waals surface area contributed by atoms with Crippen LogP contribution < -0.4 is 4.74 Å². The fraction of sp³-hybridized carbons (Fsp3) is 0.600. The number of hydrogen-bond acceptors (Lipinski definition) is 1. The molecule has 1 nitrogen and oxygen atoms in total. The van der Waals surface area contributed by atoms with E-state index in [1.165, 1.54) is 76.3 Å². The molecule has 0 bridgehead atoms. The zero-order valence-corrected chi connectivity index (χ0v) is 21.1. The first-order valence-corrected chi connectivity index (χ1v) is 13.6. The van der Waals surface area contributed by atoms with E-state index in [0.717, 1.165) is 36.2 Å². The zero-order chi connectivity index (χ0) is 25.7. The van der Waals surface area contributed by atoms with Crippen LogP contribution >= 0.6 is 0 Å². The van der Waals surface area contributed by atoms with Crippen LogP contribution in [0.25, 0.3) is 0 Å². The van der Waals surface area contributed by atoms with E-state index in [0.29, 0.717) is 18.1 Å². The van der Waals surface area contributed by atoms with Crippen molar-refractivity contribution in [1.82, 2.24) is 0 Å². The molecule has 198 valence electrons.